The second-order valence-electron chi connectivity index (χ2n) is 4.84. The number of nitrogens with two attached hydrogens (primary N) is 1. The van der Waals surface area contributed by atoms with Gasteiger partial charge in [-0.2, -0.15) is 0 Å². The molecule has 0 aliphatic heterocycles. The first-order valence-corrected chi connectivity index (χ1v) is 8.24. The Hall–Kier alpha value is -1.67. The van der Waals surface area contributed by atoms with Crippen LogP contribution in [0.4, 0.5) is 0 Å². The third kappa shape index (κ3) is 6.45. The van der Waals surface area contributed by atoms with E-state index in [0.29, 0.717) is 32.0 Å². The third-order valence-corrected chi connectivity index (χ3v) is 4.01. The number of benzene rings is 1. The van der Waals surface area contributed by atoms with E-state index in [1.807, 2.05) is 24.3 Å². The number of thiazole rings is 1. The van der Waals surface area contributed by atoms with Crippen LogP contribution in [0.2, 0.25) is 0 Å². The van der Waals surface area contributed by atoms with Gasteiger partial charge in [0.15, 0.2) is 0 Å². The summed E-state index contributed by atoms with van der Waals surface area (Å²) in [6.07, 6.45) is 0.746. The van der Waals surface area contributed by atoms with Gasteiger partial charge in [0, 0.05) is 25.1 Å². The largest absolute Gasteiger partial charge is 0.497 e. The highest BCUT2D eigenvalue weighted by molar-refractivity contribution is 7.09. The first-order valence-electron chi connectivity index (χ1n) is 7.36. The van der Waals surface area contributed by atoms with Crippen LogP contribution in [-0.4, -0.2) is 31.2 Å². The summed E-state index contributed by atoms with van der Waals surface area (Å²) in [5.74, 6) is 0.660. The molecule has 0 atom stereocenters. The van der Waals surface area contributed by atoms with Crippen LogP contribution in [0, 0.1) is 0 Å². The van der Waals surface area contributed by atoms with Gasteiger partial charge in [0.2, 0.25) is 0 Å². The van der Waals surface area contributed by atoms with Gasteiger partial charge in [0.05, 0.1) is 13.7 Å². The van der Waals surface area contributed by atoms with Crippen molar-refractivity contribution in [3.8, 4) is 5.75 Å². The normalized spacial score (nSPS) is 10.1. The van der Waals surface area contributed by atoms with Crippen molar-refractivity contribution in [3.63, 3.8) is 0 Å². The van der Waals surface area contributed by atoms with Crippen LogP contribution in [0.5, 0.6) is 5.75 Å². The zero-order chi connectivity index (χ0) is 16.5. The van der Waals surface area contributed by atoms with Crippen LogP contribution in [0.15, 0.2) is 29.6 Å². The van der Waals surface area contributed by atoms with E-state index in [1.165, 1.54) is 11.3 Å². The molecule has 1 aromatic heterocycles. The van der Waals surface area contributed by atoms with E-state index in [2.05, 4.69) is 10.3 Å². The molecular weight excluding hydrogens is 350 g/mol. The molecular formula is C16H22ClN3O3S. The second-order valence-corrected chi connectivity index (χ2v) is 5.78. The Labute approximate surface area is 151 Å². The number of carbonyl (C=O) groups is 1. The van der Waals surface area contributed by atoms with E-state index < -0.39 is 0 Å². The summed E-state index contributed by atoms with van der Waals surface area (Å²) in [6, 6.07) is 7.75. The van der Waals surface area contributed by atoms with E-state index in [1.54, 1.807) is 12.5 Å². The SMILES string of the molecule is COc1ccc(COCCCNC(=O)c2csc(CN)n2)cc1.Cl. The lowest BCUT2D eigenvalue weighted by Gasteiger charge is -2.06. The summed E-state index contributed by atoms with van der Waals surface area (Å²) in [7, 11) is 1.64. The van der Waals surface area contributed by atoms with Gasteiger partial charge in [-0.25, -0.2) is 4.98 Å². The summed E-state index contributed by atoms with van der Waals surface area (Å²) >= 11 is 1.39. The van der Waals surface area contributed by atoms with Gasteiger partial charge < -0.3 is 20.5 Å². The number of hydrogen-bond donors (Lipinski definition) is 2. The van der Waals surface area contributed by atoms with E-state index in [4.69, 9.17) is 15.2 Å². The van der Waals surface area contributed by atoms with Crippen LogP contribution in [-0.2, 0) is 17.9 Å². The average Bonchev–Trinajstić information content (AvgIpc) is 3.07. The molecule has 0 aliphatic carbocycles. The number of nitrogens with zero attached hydrogens (tertiary/aromatic N) is 1. The number of halogens is 1. The maximum absolute atomic E-state index is 11.8. The number of methoxy groups -OCH3 is 1. The molecule has 132 valence electrons. The van der Waals surface area contributed by atoms with Crippen molar-refractivity contribution in [1.82, 2.24) is 10.3 Å². The minimum atomic E-state index is -0.170. The lowest BCUT2D eigenvalue weighted by atomic mass is 10.2. The molecule has 1 aromatic carbocycles. The zero-order valence-electron chi connectivity index (χ0n) is 13.5. The molecule has 2 aromatic rings. The minimum Gasteiger partial charge on any atom is -0.497 e. The van der Waals surface area contributed by atoms with Crippen molar-refractivity contribution in [3.05, 3.63) is 45.9 Å². The van der Waals surface area contributed by atoms with Crippen LogP contribution < -0.4 is 15.8 Å². The Bertz CT molecular complexity index is 619. The molecule has 0 aliphatic rings. The van der Waals surface area contributed by atoms with Crippen molar-refractivity contribution in [2.45, 2.75) is 19.6 Å². The molecule has 24 heavy (non-hydrogen) atoms. The van der Waals surface area contributed by atoms with Crippen molar-refractivity contribution in [2.24, 2.45) is 5.73 Å². The molecule has 3 N–H and O–H groups in total. The molecule has 0 bridgehead atoms. The minimum absolute atomic E-state index is 0. The Morgan fingerprint density at radius 1 is 1.33 bits per heavy atom. The van der Waals surface area contributed by atoms with Crippen LogP contribution in [0.25, 0.3) is 0 Å². The number of nitrogens with one attached hydrogen (secondary N) is 1. The molecule has 0 saturated heterocycles. The maximum atomic E-state index is 11.8. The smallest absolute Gasteiger partial charge is 0.270 e. The molecule has 6 nitrogen and oxygen atoms in total. The van der Waals surface area contributed by atoms with Gasteiger partial charge in [-0.05, 0) is 24.1 Å². The summed E-state index contributed by atoms with van der Waals surface area (Å²) < 4.78 is 10.7. The highest BCUT2D eigenvalue weighted by Crippen LogP contribution is 2.12. The fourth-order valence-corrected chi connectivity index (χ4v) is 2.54. The summed E-state index contributed by atoms with van der Waals surface area (Å²) in [6.45, 7) is 2.04. The van der Waals surface area contributed by atoms with E-state index in [-0.39, 0.29) is 18.3 Å². The quantitative estimate of drug-likeness (QED) is 0.661. The molecule has 1 heterocycles. The van der Waals surface area contributed by atoms with E-state index in [9.17, 15) is 4.79 Å². The van der Waals surface area contributed by atoms with Crippen molar-refractivity contribution >= 4 is 29.7 Å². The number of amides is 1. The molecule has 2 rings (SSSR count). The highest BCUT2D eigenvalue weighted by atomic mass is 35.5. The monoisotopic (exact) mass is 371 g/mol. The number of hydrogen-bond acceptors (Lipinski definition) is 6. The fourth-order valence-electron chi connectivity index (χ4n) is 1.89. The van der Waals surface area contributed by atoms with Gasteiger partial charge in [0.1, 0.15) is 16.5 Å². The zero-order valence-corrected chi connectivity index (χ0v) is 15.1. The Kier molecular flexibility index (Phi) is 9.33. The van der Waals surface area contributed by atoms with Crippen LogP contribution >= 0.6 is 23.7 Å². The molecule has 0 radical (unpaired) electrons. The first kappa shape index (κ1) is 20.4. The lowest BCUT2D eigenvalue weighted by Crippen LogP contribution is -2.25. The van der Waals surface area contributed by atoms with Crippen LogP contribution in [0.3, 0.4) is 0 Å². The second kappa shape index (κ2) is 11.0. The van der Waals surface area contributed by atoms with Gasteiger partial charge in [-0.3, -0.25) is 4.79 Å². The fraction of sp³-hybridized carbons (Fsp3) is 0.375. The molecule has 0 unspecified atom stereocenters. The predicted molar refractivity (Wildman–Crippen MR) is 96.9 cm³/mol. The summed E-state index contributed by atoms with van der Waals surface area (Å²) in [5.41, 5.74) is 6.99. The van der Waals surface area contributed by atoms with Crippen molar-refractivity contribution < 1.29 is 14.3 Å². The topological polar surface area (TPSA) is 86.5 Å². The lowest BCUT2D eigenvalue weighted by molar-refractivity contribution is 0.0930. The highest BCUT2D eigenvalue weighted by Gasteiger charge is 2.09. The molecule has 0 spiro atoms. The van der Waals surface area contributed by atoms with Gasteiger partial charge in [-0.1, -0.05) is 12.1 Å². The number of rotatable bonds is 9. The van der Waals surface area contributed by atoms with Crippen molar-refractivity contribution in [1.29, 1.82) is 0 Å². The standard InChI is InChI=1S/C16H21N3O3S.ClH/c1-21-13-5-3-12(4-6-13)10-22-8-2-7-18-16(20)14-11-23-15(9-17)19-14;/h3-6,11H,2,7-10,17H2,1H3,(H,18,20);1H. The Balaban J connectivity index is 0.00000288. The summed E-state index contributed by atoms with van der Waals surface area (Å²) in [4.78, 5) is 16.0. The maximum Gasteiger partial charge on any atom is 0.270 e. The van der Waals surface area contributed by atoms with Gasteiger partial charge >= 0.3 is 0 Å². The number of ether oxygens (including phenoxy) is 2. The number of aromatic nitrogens is 1. The molecule has 8 heteroatoms. The van der Waals surface area contributed by atoms with E-state index >= 15 is 0 Å². The van der Waals surface area contributed by atoms with Gasteiger partial charge in [0.25, 0.3) is 5.91 Å². The number of carbonyl (C=O) groups excluding carboxylic acids is 1. The predicted octanol–water partition coefficient (Wildman–Crippen LogP) is 2.37. The molecule has 0 fully saturated rings. The summed E-state index contributed by atoms with van der Waals surface area (Å²) in [5, 5.41) is 5.30. The average molecular weight is 372 g/mol. The van der Waals surface area contributed by atoms with Crippen LogP contribution in [0.1, 0.15) is 27.5 Å². The van der Waals surface area contributed by atoms with Gasteiger partial charge in [-0.15, -0.1) is 23.7 Å². The Morgan fingerprint density at radius 3 is 2.71 bits per heavy atom. The molecule has 0 saturated carbocycles. The molecule has 1 amide bonds. The first-order chi connectivity index (χ1) is 11.2. The van der Waals surface area contributed by atoms with E-state index in [0.717, 1.165) is 22.7 Å². The Morgan fingerprint density at radius 2 is 2.08 bits per heavy atom. The third-order valence-electron chi connectivity index (χ3n) is 3.14. The van der Waals surface area contributed by atoms with Crippen molar-refractivity contribution in [2.75, 3.05) is 20.3 Å².